The molecule has 0 amide bonds. The summed E-state index contributed by atoms with van der Waals surface area (Å²) in [4.78, 5) is 10.4. The largest absolute Gasteiger partial charge is 0.481 e. The van der Waals surface area contributed by atoms with Gasteiger partial charge in [-0.3, -0.25) is 4.79 Å². The maximum atomic E-state index is 10.4. The maximum absolute atomic E-state index is 10.4. The smallest absolute Gasteiger partial charge is 0.303 e. The first-order valence-electron chi connectivity index (χ1n) is 9.32. The van der Waals surface area contributed by atoms with E-state index in [1.165, 1.54) is 32.1 Å². The molecule has 2 atom stereocenters. The van der Waals surface area contributed by atoms with E-state index in [0.717, 1.165) is 45.5 Å². The van der Waals surface area contributed by atoms with Crippen LogP contribution >= 0.6 is 0 Å². The van der Waals surface area contributed by atoms with Crippen molar-refractivity contribution in [1.82, 2.24) is 0 Å². The highest BCUT2D eigenvalue weighted by Crippen LogP contribution is 2.28. The third-order valence-corrected chi connectivity index (χ3v) is 5.09. The number of carboxylic acid groups (broad SMARTS) is 1. The van der Waals surface area contributed by atoms with Crippen LogP contribution in [0.2, 0.25) is 0 Å². The molecule has 0 aromatic rings. The van der Waals surface area contributed by atoms with Crippen molar-refractivity contribution >= 4 is 5.97 Å². The fraction of sp³-hybridized carbons (Fsp3) is 0.842. The Morgan fingerprint density at radius 3 is 2.70 bits per heavy atom. The van der Waals surface area contributed by atoms with Gasteiger partial charge in [0.2, 0.25) is 0 Å². The molecule has 0 unspecified atom stereocenters. The zero-order valence-corrected chi connectivity index (χ0v) is 14.3. The minimum atomic E-state index is -0.708. The van der Waals surface area contributed by atoms with E-state index in [9.17, 15) is 4.79 Å². The minimum absolute atomic E-state index is 0.262. The number of rotatable bonds is 10. The molecular formula is C19H32O4. The summed E-state index contributed by atoms with van der Waals surface area (Å²) in [5.41, 5.74) is 0. The number of hydrogen-bond acceptors (Lipinski definition) is 3. The molecule has 1 aliphatic carbocycles. The Kier molecular flexibility index (Phi) is 8.69. The standard InChI is InChI=1S/C19H32O4/c20-19(21)11-7-2-1-4-8-16-14-22-15-17(16)12-13-23-18-9-5-3-6-10-18/h1,4,16-18H,2-3,5-15H2,(H,20,21)/b4-1-/t16-,17+/m0/s1. The van der Waals surface area contributed by atoms with Crippen molar-refractivity contribution in [2.45, 2.75) is 70.3 Å². The summed E-state index contributed by atoms with van der Waals surface area (Å²) in [5, 5.41) is 8.60. The lowest BCUT2D eigenvalue weighted by atomic mass is 9.90. The maximum Gasteiger partial charge on any atom is 0.303 e. The van der Waals surface area contributed by atoms with Crippen LogP contribution in [0.3, 0.4) is 0 Å². The number of unbranched alkanes of at least 4 members (excludes halogenated alkanes) is 1. The van der Waals surface area contributed by atoms with Crippen LogP contribution < -0.4 is 0 Å². The average molecular weight is 324 g/mol. The lowest BCUT2D eigenvalue weighted by Gasteiger charge is -2.23. The molecule has 2 rings (SSSR count). The monoisotopic (exact) mass is 324 g/mol. The SMILES string of the molecule is O=C(O)CCC/C=C\C[C@H]1COC[C@H]1CCOC1CCCCC1. The van der Waals surface area contributed by atoms with Gasteiger partial charge in [-0.15, -0.1) is 0 Å². The van der Waals surface area contributed by atoms with Gasteiger partial charge < -0.3 is 14.6 Å². The molecule has 4 nitrogen and oxygen atoms in total. The zero-order valence-electron chi connectivity index (χ0n) is 14.3. The fourth-order valence-electron chi connectivity index (χ4n) is 3.60. The molecule has 0 radical (unpaired) electrons. The number of carboxylic acids is 1. The molecule has 1 heterocycles. The Morgan fingerprint density at radius 1 is 1.13 bits per heavy atom. The molecule has 1 N–H and O–H groups in total. The lowest BCUT2D eigenvalue weighted by molar-refractivity contribution is -0.137. The van der Waals surface area contributed by atoms with Gasteiger partial charge in [-0.05, 0) is 50.4 Å². The summed E-state index contributed by atoms with van der Waals surface area (Å²) in [6.07, 6.45) is 15.3. The second-order valence-electron chi connectivity index (χ2n) is 6.97. The van der Waals surface area contributed by atoms with Gasteiger partial charge in [0.25, 0.3) is 0 Å². The summed E-state index contributed by atoms with van der Waals surface area (Å²) >= 11 is 0. The highest BCUT2D eigenvalue weighted by atomic mass is 16.5. The molecule has 23 heavy (non-hydrogen) atoms. The number of allylic oxidation sites excluding steroid dienone is 2. The van der Waals surface area contributed by atoms with Gasteiger partial charge in [0.1, 0.15) is 0 Å². The Labute approximate surface area is 140 Å². The highest BCUT2D eigenvalue weighted by Gasteiger charge is 2.27. The van der Waals surface area contributed by atoms with Gasteiger partial charge in [0.15, 0.2) is 0 Å². The summed E-state index contributed by atoms with van der Waals surface area (Å²) in [6, 6.07) is 0. The van der Waals surface area contributed by atoms with E-state index in [4.69, 9.17) is 14.6 Å². The molecule has 0 spiro atoms. The Hall–Kier alpha value is -0.870. The van der Waals surface area contributed by atoms with Crippen molar-refractivity contribution in [3.05, 3.63) is 12.2 Å². The van der Waals surface area contributed by atoms with Crippen molar-refractivity contribution in [2.24, 2.45) is 11.8 Å². The van der Waals surface area contributed by atoms with E-state index in [1.54, 1.807) is 0 Å². The van der Waals surface area contributed by atoms with E-state index in [1.807, 2.05) is 0 Å². The summed E-state index contributed by atoms with van der Waals surface area (Å²) in [7, 11) is 0. The van der Waals surface area contributed by atoms with Crippen molar-refractivity contribution < 1.29 is 19.4 Å². The predicted molar refractivity (Wildman–Crippen MR) is 90.5 cm³/mol. The van der Waals surface area contributed by atoms with Crippen LogP contribution in [0.25, 0.3) is 0 Å². The van der Waals surface area contributed by atoms with E-state index < -0.39 is 5.97 Å². The van der Waals surface area contributed by atoms with Crippen LogP contribution in [0.15, 0.2) is 12.2 Å². The molecule has 1 saturated carbocycles. The highest BCUT2D eigenvalue weighted by molar-refractivity contribution is 5.66. The Morgan fingerprint density at radius 2 is 1.91 bits per heavy atom. The molecule has 1 saturated heterocycles. The number of aliphatic carboxylic acids is 1. The van der Waals surface area contributed by atoms with Crippen LogP contribution in [-0.4, -0.2) is 37.0 Å². The van der Waals surface area contributed by atoms with Crippen LogP contribution in [0.4, 0.5) is 0 Å². The summed E-state index contributed by atoms with van der Waals surface area (Å²) < 4.78 is 11.7. The van der Waals surface area contributed by atoms with Crippen LogP contribution in [-0.2, 0) is 14.3 Å². The molecule has 0 aromatic carbocycles. The Balaban J connectivity index is 1.56. The first-order valence-corrected chi connectivity index (χ1v) is 9.32. The van der Waals surface area contributed by atoms with Crippen molar-refractivity contribution in [2.75, 3.05) is 19.8 Å². The van der Waals surface area contributed by atoms with Crippen molar-refractivity contribution in [1.29, 1.82) is 0 Å². The molecule has 1 aliphatic heterocycles. The number of ether oxygens (including phenoxy) is 2. The zero-order chi connectivity index (χ0) is 16.3. The second kappa shape index (κ2) is 10.8. The van der Waals surface area contributed by atoms with E-state index in [-0.39, 0.29) is 6.42 Å². The van der Waals surface area contributed by atoms with Gasteiger partial charge in [-0.2, -0.15) is 0 Å². The fourth-order valence-corrected chi connectivity index (χ4v) is 3.60. The van der Waals surface area contributed by atoms with Gasteiger partial charge >= 0.3 is 5.97 Å². The second-order valence-corrected chi connectivity index (χ2v) is 6.97. The average Bonchev–Trinajstić information content (AvgIpc) is 2.99. The molecule has 2 aliphatic rings. The molecular weight excluding hydrogens is 292 g/mol. The van der Waals surface area contributed by atoms with E-state index in [2.05, 4.69) is 12.2 Å². The third kappa shape index (κ3) is 7.49. The molecule has 2 fully saturated rings. The van der Waals surface area contributed by atoms with Crippen molar-refractivity contribution in [3.63, 3.8) is 0 Å². The summed E-state index contributed by atoms with van der Waals surface area (Å²) in [6.45, 7) is 2.59. The van der Waals surface area contributed by atoms with Gasteiger partial charge in [-0.1, -0.05) is 31.4 Å². The molecule has 132 valence electrons. The predicted octanol–water partition coefficient (Wildman–Crippen LogP) is 4.19. The molecule has 0 bridgehead atoms. The first-order chi connectivity index (χ1) is 11.3. The first kappa shape index (κ1) is 18.5. The molecule has 4 heteroatoms. The van der Waals surface area contributed by atoms with E-state index in [0.29, 0.717) is 17.9 Å². The van der Waals surface area contributed by atoms with Crippen LogP contribution in [0.5, 0.6) is 0 Å². The summed E-state index contributed by atoms with van der Waals surface area (Å²) in [5.74, 6) is 0.503. The van der Waals surface area contributed by atoms with Gasteiger partial charge in [-0.25, -0.2) is 0 Å². The lowest BCUT2D eigenvalue weighted by Crippen LogP contribution is -2.20. The van der Waals surface area contributed by atoms with E-state index >= 15 is 0 Å². The van der Waals surface area contributed by atoms with Crippen LogP contribution in [0.1, 0.15) is 64.2 Å². The Bertz CT molecular complexity index is 360. The normalized spacial score (nSPS) is 26.1. The molecule has 0 aromatic heterocycles. The van der Waals surface area contributed by atoms with Crippen LogP contribution in [0, 0.1) is 11.8 Å². The van der Waals surface area contributed by atoms with Crippen molar-refractivity contribution in [3.8, 4) is 0 Å². The topological polar surface area (TPSA) is 55.8 Å². The quantitative estimate of drug-likeness (QED) is 0.483. The number of hydrogen-bond donors (Lipinski definition) is 1. The van der Waals surface area contributed by atoms with Gasteiger partial charge in [0, 0.05) is 19.6 Å². The minimum Gasteiger partial charge on any atom is -0.481 e. The number of carbonyl (C=O) groups is 1. The van der Waals surface area contributed by atoms with Gasteiger partial charge in [0.05, 0.1) is 12.7 Å². The third-order valence-electron chi connectivity index (χ3n) is 5.09.